The fourth-order valence-corrected chi connectivity index (χ4v) is 3.62. The lowest BCUT2D eigenvalue weighted by Gasteiger charge is -2.42. The minimum absolute atomic E-state index is 0.135. The van der Waals surface area contributed by atoms with E-state index in [1.807, 2.05) is 18.2 Å². The van der Waals surface area contributed by atoms with Crippen molar-refractivity contribution in [3.63, 3.8) is 0 Å². The minimum Gasteiger partial charge on any atom is -0.385 e. The van der Waals surface area contributed by atoms with E-state index in [0.717, 1.165) is 12.8 Å². The van der Waals surface area contributed by atoms with Crippen molar-refractivity contribution in [1.29, 1.82) is 0 Å². The van der Waals surface area contributed by atoms with Crippen LogP contribution in [0.2, 0.25) is 0 Å². The summed E-state index contributed by atoms with van der Waals surface area (Å²) in [5.41, 5.74) is -0.519. The summed E-state index contributed by atoms with van der Waals surface area (Å²) >= 11 is 0. The molecule has 0 heterocycles. The van der Waals surface area contributed by atoms with E-state index in [9.17, 15) is 5.11 Å². The molecule has 1 N–H and O–H groups in total. The minimum atomic E-state index is -0.654. The Morgan fingerprint density at radius 3 is 2.36 bits per heavy atom. The van der Waals surface area contributed by atoms with Gasteiger partial charge in [-0.1, -0.05) is 82.9 Å². The van der Waals surface area contributed by atoms with Crippen molar-refractivity contribution in [2.24, 2.45) is 11.3 Å². The van der Waals surface area contributed by atoms with Gasteiger partial charge in [-0.05, 0) is 43.9 Å². The van der Waals surface area contributed by atoms with Crippen LogP contribution in [0, 0.1) is 11.3 Å². The molecule has 1 rings (SSSR count). The maximum atomic E-state index is 11.0. The zero-order valence-corrected chi connectivity index (χ0v) is 15.1. The van der Waals surface area contributed by atoms with Gasteiger partial charge in [-0.15, -0.1) is 0 Å². The standard InChI is InChI=1S/C21H36O/c1-5-6-7-8-9-10-11-13-16-19(20(2,3)4)21(22)17-14-12-15-18-21/h5-6,12,14-15,17,19,22H,7-11,13,16,18H2,1-4H3/b6-5+. The first-order chi connectivity index (χ1) is 10.4. The van der Waals surface area contributed by atoms with Gasteiger partial charge in [0, 0.05) is 0 Å². The van der Waals surface area contributed by atoms with Crippen LogP contribution in [0.4, 0.5) is 0 Å². The molecule has 22 heavy (non-hydrogen) atoms. The van der Waals surface area contributed by atoms with E-state index >= 15 is 0 Å². The predicted molar refractivity (Wildman–Crippen MR) is 97.9 cm³/mol. The summed E-state index contributed by atoms with van der Waals surface area (Å²) in [6, 6.07) is 0. The van der Waals surface area contributed by atoms with Crippen LogP contribution in [-0.4, -0.2) is 10.7 Å². The SMILES string of the molecule is C/C=C/CCCCCCCC(C(C)(C)C)C1(O)C=CC=CC1. The molecule has 1 heteroatoms. The summed E-state index contributed by atoms with van der Waals surface area (Å²) in [6.07, 6.45) is 22.1. The van der Waals surface area contributed by atoms with Crippen molar-refractivity contribution in [1.82, 2.24) is 0 Å². The number of allylic oxidation sites excluding steroid dienone is 4. The Bertz CT molecular complexity index is 383. The lowest BCUT2D eigenvalue weighted by molar-refractivity contribution is -0.0272. The largest absolute Gasteiger partial charge is 0.385 e. The van der Waals surface area contributed by atoms with Crippen molar-refractivity contribution >= 4 is 0 Å². The van der Waals surface area contributed by atoms with Crippen molar-refractivity contribution in [3.8, 4) is 0 Å². The molecule has 2 unspecified atom stereocenters. The van der Waals surface area contributed by atoms with Gasteiger partial charge in [0.1, 0.15) is 0 Å². The quantitative estimate of drug-likeness (QED) is 0.397. The average Bonchev–Trinajstić information content (AvgIpc) is 2.44. The van der Waals surface area contributed by atoms with Gasteiger partial charge < -0.3 is 5.11 Å². The maximum Gasteiger partial charge on any atom is 0.0898 e. The summed E-state index contributed by atoms with van der Waals surface area (Å²) in [4.78, 5) is 0. The third-order valence-electron chi connectivity index (χ3n) is 4.82. The zero-order valence-electron chi connectivity index (χ0n) is 15.1. The summed E-state index contributed by atoms with van der Waals surface area (Å²) in [5, 5.41) is 11.0. The van der Waals surface area contributed by atoms with Crippen LogP contribution in [0.25, 0.3) is 0 Å². The molecule has 0 aromatic carbocycles. The van der Waals surface area contributed by atoms with Crippen LogP contribution in [-0.2, 0) is 0 Å². The van der Waals surface area contributed by atoms with E-state index in [2.05, 4.69) is 45.9 Å². The maximum absolute atomic E-state index is 11.0. The molecule has 0 fully saturated rings. The molecule has 126 valence electrons. The normalized spacial score (nSPS) is 23.3. The van der Waals surface area contributed by atoms with E-state index < -0.39 is 5.60 Å². The fourth-order valence-electron chi connectivity index (χ4n) is 3.62. The second-order valence-electron chi connectivity index (χ2n) is 7.82. The molecule has 0 aliphatic heterocycles. The Morgan fingerprint density at radius 1 is 1.09 bits per heavy atom. The average molecular weight is 305 g/mol. The fraction of sp³-hybridized carbons (Fsp3) is 0.714. The molecule has 0 bridgehead atoms. The second kappa shape index (κ2) is 9.35. The highest BCUT2D eigenvalue weighted by molar-refractivity contribution is 5.20. The highest BCUT2D eigenvalue weighted by atomic mass is 16.3. The van der Waals surface area contributed by atoms with Crippen molar-refractivity contribution in [3.05, 3.63) is 36.5 Å². The summed E-state index contributed by atoms with van der Waals surface area (Å²) in [6.45, 7) is 8.88. The molecule has 0 aromatic rings. The molecule has 0 aromatic heterocycles. The lowest BCUT2D eigenvalue weighted by atomic mass is 9.66. The Kier molecular flexibility index (Phi) is 8.17. The monoisotopic (exact) mass is 304 g/mol. The zero-order chi connectivity index (χ0) is 16.5. The van der Waals surface area contributed by atoms with Gasteiger partial charge in [-0.2, -0.15) is 0 Å². The Hall–Kier alpha value is -0.820. The summed E-state index contributed by atoms with van der Waals surface area (Å²) in [7, 11) is 0. The number of aliphatic hydroxyl groups is 1. The Labute approximate surface area is 138 Å². The molecule has 1 aliphatic carbocycles. The topological polar surface area (TPSA) is 20.2 Å². The van der Waals surface area contributed by atoms with Gasteiger partial charge in [-0.3, -0.25) is 0 Å². The van der Waals surface area contributed by atoms with E-state index in [1.165, 1.54) is 38.5 Å². The molecule has 0 spiro atoms. The number of rotatable bonds is 9. The first kappa shape index (κ1) is 19.2. The van der Waals surface area contributed by atoms with Crippen molar-refractivity contribution in [2.45, 2.75) is 84.7 Å². The summed E-state index contributed by atoms with van der Waals surface area (Å²) < 4.78 is 0. The van der Waals surface area contributed by atoms with Gasteiger partial charge in [0.25, 0.3) is 0 Å². The second-order valence-corrected chi connectivity index (χ2v) is 7.82. The van der Waals surface area contributed by atoms with E-state index in [4.69, 9.17) is 0 Å². The van der Waals surface area contributed by atoms with Crippen LogP contribution < -0.4 is 0 Å². The number of hydrogen-bond donors (Lipinski definition) is 1. The van der Waals surface area contributed by atoms with E-state index in [1.54, 1.807) is 0 Å². The van der Waals surface area contributed by atoms with Gasteiger partial charge in [0.15, 0.2) is 0 Å². The van der Waals surface area contributed by atoms with Crippen LogP contribution in [0.5, 0.6) is 0 Å². The Balaban J connectivity index is 2.38. The van der Waals surface area contributed by atoms with Crippen molar-refractivity contribution < 1.29 is 5.11 Å². The Morgan fingerprint density at radius 2 is 1.77 bits per heavy atom. The van der Waals surface area contributed by atoms with Gasteiger partial charge in [-0.25, -0.2) is 0 Å². The molecular weight excluding hydrogens is 268 g/mol. The highest BCUT2D eigenvalue weighted by Crippen LogP contribution is 2.42. The molecule has 0 amide bonds. The van der Waals surface area contributed by atoms with Crippen LogP contribution in [0.3, 0.4) is 0 Å². The lowest BCUT2D eigenvalue weighted by Crippen LogP contribution is -2.43. The van der Waals surface area contributed by atoms with Crippen LogP contribution in [0.1, 0.15) is 79.1 Å². The summed E-state index contributed by atoms with van der Waals surface area (Å²) in [5.74, 6) is 0.323. The predicted octanol–water partition coefficient (Wildman–Crippen LogP) is 6.20. The third kappa shape index (κ3) is 6.52. The third-order valence-corrected chi connectivity index (χ3v) is 4.82. The molecule has 1 aliphatic rings. The smallest absolute Gasteiger partial charge is 0.0898 e. The molecule has 0 radical (unpaired) electrons. The van der Waals surface area contributed by atoms with Gasteiger partial charge >= 0.3 is 0 Å². The molecule has 1 nitrogen and oxygen atoms in total. The van der Waals surface area contributed by atoms with E-state index in [-0.39, 0.29) is 5.41 Å². The first-order valence-corrected chi connectivity index (χ1v) is 9.08. The van der Waals surface area contributed by atoms with E-state index in [0.29, 0.717) is 5.92 Å². The van der Waals surface area contributed by atoms with Crippen LogP contribution >= 0.6 is 0 Å². The molecule has 0 saturated heterocycles. The van der Waals surface area contributed by atoms with Gasteiger partial charge in [0.2, 0.25) is 0 Å². The number of hydrogen-bond acceptors (Lipinski definition) is 1. The van der Waals surface area contributed by atoms with Gasteiger partial charge in [0.05, 0.1) is 5.60 Å². The molecular formula is C21H36O. The molecule has 0 saturated carbocycles. The van der Waals surface area contributed by atoms with Crippen LogP contribution in [0.15, 0.2) is 36.5 Å². The molecule has 2 atom stereocenters. The first-order valence-electron chi connectivity index (χ1n) is 9.08. The van der Waals surface area contributed by atoms with Crippen molar-refractivity contribution in [2.75, 3.05) is 0 Å². The number of unbranched alkanes of at least 4 members (excludes halogenated alkanes) is 5. The highest BCUT2D eigenvalue weighted by Gasteiger charge is 2.40.